The maximum atomic E-state index is 12.1. The molecule has 4 heteroatoms. The maximum Gasteiger partial charge on any atom is 0.309 e. The molecule has 0 saturated heterocycles. The lowest BCUT2D eigenvalue weighted by Gasteiger charge is -2.31. The number of carboxylic acid groups (broad SMARTS) is 1. The molecule has 0 atom stereocenters. The first-order valence-electron chi connectivity index (χ1n) is 7.17. The Bertz CT molecular complexity index is 325. The van der Waals surface area contributed by atoms with Crippen molar-refractivity contribution in [2.75, 3.05) is 0 Å². The molecule has 1 saturated carbocycles. The molecule has 0 aromatic carbocycles. The van der Waals surface area contributed by atoms with Crippen molar-refractivity contribution in [1.29, 1.82) is 0 Å². The molecule has 1 fully saturated rings. The molecular formula is C15H26O4. The summed E-state index contributed by atoms with van der Waals surface area (Å²) in [6, 6.07) is 0. The van der Waals surface area contributed by atoms with E-state index in [0.29, 0.717) is 31.6 Å². The van der Waals surface area contributed by atoms with E-state index in [1.807, 2.05) is 13.8 Å². The van der Waals surface area contributed by atoms with Crippen LogP contribution in [-0.2, 0) is 14.3 Å². The first-order chi connectivity index (χ1) is 8.71. The van der Waals surface area contributed by atoms with Crippen LogP contribution in [0.4, 0.5) is 0 Å². The van der Waals surface area contributed by atoms with Gasteiger partial charge in [-0.1, -0.05) is 13.8 Å². The van der Waals surface area contributed by atoms with Crippen molar-refractivity contribution in [2.24, 2.45) is 17.8 Å². The van der Waals surface area contributed by atoms with Crippen molar-refractivity contribution >= 4 is 11.9 Å². The zero-order chi connectivity index (χ0) is 14.6. The van der Waals surface area contributed by atoms with Crippen molar-refractivity contribution < 1.29 is 19.4 Å². The van der Waals surface area contributed by atoms with Crippen molar-refractivity contribution in [3.63, 3.8) is 0 Å². The number of carbonyl (C=O) groups is 2. The van der Waals surface area contributed by atoms with Gasteiger partial charge in [0, 0.05) is 0 Å². The molecule has 19 heavy (non-hydrogen) atoms. The van der Waals surface area contributed by atoms with E-state index >= 15 is 0 Å². The highest BCUT2D eigenvalue weighted by Gasteiger charge is 2.33. The monoisotopic (exact) mass is 270 g/mol. The standard InChI is InChI=1S/C15H26O4/c1-10(2)9-15(3,4)19-14(18)12-7-5-11(6-8-12)13(16)17/h10-12H,5-9H2,1-4H3,(H,16,17). The molecule has 110 valence electrons. The average molecular weight is 270 g/mol. The molecule has 0 aromatic rings. The number of carbonyl (C=O) groups excluding carboxylic acids is 1. The summed E-state index contributed by atoms with van der Waals surface area (Å²) in [5.74, 6) is -0.832. The Kier molecular flexibility index (Phi) is 5.39. The van der Waals surface area contributed by atoms with Crippen molar-refractivity contribution in [2.45, 2.75) is 65.4 Å². The third kappa shape index (κ3) is 5.21. The van der Waals surface area contributed by atoms with Crippen LogP contribution in [-0.4, -0.2) is 22.6 Å². The van der Waals surface area contributed by atoms with Crippen LogP contribution < -0.4 is 0 Å². The summed E-state index contributed by atoms with van der Waals surface area (Å²) in [4.78, 5) is 23.0. The summed E-state index contributed by atoms with van der Waals surface area (Å²) in [5.41, 5.74) is -0.436. The highest BCUT2D eigenvalue weighted by Crippen LogP contribution is 2.31. The molecule has 0 unspecified atom stereocenters. The average Bonchev–Trinajstić information content (AvgIpc) is 2.26. The minimum Gasteiger partial charge on any atom is -0.481 e. The van der Waals surface area contributed by atoms with Gasteiger partial charge in [0.15, 0.2) is 0 Å². The van der Waals surface area contributed by atoms with Crippen LogP contribution in [0.5, 0.6) is 0 Å². The first-order valence-corrected chi connectivity index (χ1v) is 7.17. The first kappa shape index (κ1) is 16.0. The SMILES string of the molecule is CC(C)CC(C)(C)OC(=O)C1CCC(C(=O)O)CC1. The molecule has 1 aliphatic rings. The highest BCUT2D eigenvalue weighted by atomic mass is 16.6. The lowest BCUT2D eigenvalue weighted by molar-refractivity contribution is -0.165. The number of aliphatic carboxylic acids is 1. The smallest absolute Gasteiger partial charge is 0.309 e. The highest BCUT2D eigenvalue weighted by molar-refractivity contribution is 5.74. The summed E-state index contributed by atoms with van der Waals surface area (Å²) in [5, 5.41) is 8.93. The molecule has 1 N–H and O–H groups in total. The Labute approximate surface area is 115 Å². The van der Waals surface area contributed by atoms with Gasteiger partial charge in [-0.15, -0.1) is 0 Å². The minimum atomic E-state index is -0.744. The van der Waals surface area contributed by atoms with Crippen molar-refractivity contribution in [3.8, 4) is 0 Å². The molecule has 0 radical (unpaired) electrons. The van der Waals surface area contributed by atoms with Gasteiger partial charge in [0.05, 0.1) is 11.8 Å². The topological polar surface area (TPSA) is 63.6 Å². The van der Waals surface area contributed by atoms with Crippen LogP contribution in [0, 0.1) is 17.8 Å². The number of ether oxygens (including phenoxy) is 1. The molecule has 1 rings (SSSR count). The molecule has 4 nitrogen and oxygen atoms in total. The Morgan fingerprint density at radius 2 is 1.63 bits per heavy atom. The van der Waals surface area contributed by atoms with Crippen LogP contribution in [0.2, 0.25) is 0 Å². The van der Waals surface area contributed by atoms with Crippen LogP contribution in [0.15, 0.2) is 0 Å². The van der Waals surface area contributed by atoms with Gasteiger partial charge in [0.25, 0.3) is 0 Å². The zero-order valence-corrected chi connectivity index (χ0v) is 12.4. The lowest BCUT2D eigenvalue weighted by Crippen LogP contribution is -2.34. The predicted octanol–water partition coefficient (Wildman–Crippen LogP) is 3.25. The van der Waals surface area contributed by atoms with E-state index < -0.39 is 11.6 Å². The fraction of sp³-hybridized carbons (Fsp3) is 0.867. The van der Waals surface area contributed by atoms with Gasteiger partial charge < -0.3 is 9.84 Å². The second-order valence-corrected chi connectivity index (χ2v) is 6.67. The molecule has 0 bridgehead atoms. The fourth-order valence-corrected chi connectivity index (χ4v) is 2.96. The third-order valence-electron chi connectivity index (χ3n) is 3.69. The predicted molar refractivity (Wildman–Crippen MR) is 72.7 cm³/mol. The van der Waals surface area contributed by atoms with Gasteiger partial charge in [-0.25, -0.2) is 0 Å². The van der Waals surface area contributed by atoms with Gasteiger partial charge in [-0.05, 0) is 51.9 Å². The second-order valence-electron chi connectivity index (χ2n) is 6.67. The van der Waals surface area contributed by atoms with Crippen LogP contribution >= 0.6 is 0 Å². The van der Waals surface area contributed by atoms with E-state index in [-0.39, 0.29) is 17.8 Å². The van der Waals surface area contributed by atoms with Gasteiger partial charge >= 0.3 is 11.9 Å². The van der Waals surface area contributed by atoms with Gasteiger partial charge in [-0.3, -0.25) is 9.59 Å². The largest absolute Gasteiger partial charge is 0.481 e. The van der Waals surface area contributed by atoms with Gasteiger partial charge in [0.1, 0.15) is 5.60 Å². The molecule has 0 spiro atoms. The second kappa shape index (κ2) is 6.40. The fourth-order valence-electron chi connectivity index (χ4n) is 2.96. The summed E-state index contributed by atoms with van der Waals surface area (Å²) < 4.78 is 5.60. The lowest BCUT2D eigenvalue weighted by atomic mass is 9.82. The Morgan fingerprint density at radius 3 is 2.05 bits per heavy atom. The number of esters is 1. The molecule has 0 heterocycles. The number of hydrogen-bond donors (Lipinski definition) is 1. The van der Waals surface area contributed by atoms with Crippen molar-refractivity contribution in [3.05, 3.63) is 0 Å². The number of carboxylic acids is 1. The van der Waals surface area contributed by atoms with E-state index in [1.165, 1.54) is 0 Å². The van der Waals surface area contributed by atoms with Gasteiger partial charge in [-0.2, -0.15) is 0 Å². The molecule has 0 amide bonds. The summed E-state index contributed by atoms with van der Waals surface area (Å²) >= 11 is 0. The van der Waals surface area contributed by atoms with E-state index in [1.54, 1.807) is 0 Å². The zero-order valence-electron chi connectivity index (χ0n) is 12.4. The van der Waals surface area contributed by atoms with Crippen LogP contribution in [0.25, 0.3) is 0 Å². The van der Waals surface area contributed by atoms with Gasteiger partial charge in [0.2, 0.25) is 0 Å². The normalized spacial score (nSPS) is 24.3. The number of rotatable bonds is 5. The molecule has 1 aliphatic carbocycles. The summed E-state index contributed by atoms with van der Waals surface area (Å²) in [6.07, 6.45) is 3.27. The third-order valence-corrected chi connectivity index (χ3v) is 3.69. The number of hydrogen-bond acceptors (Lipinski definition) is 3. The van der Waals surface area contributed by atoms with Crippen LogP contribution in [0.1, 0.15) is 59.8 Å². The van der Waals surface area contributed by atoms with E-state index in [4.69, 9.17) is 9.84 Å². The quantitative estimate of drug-likeness (QED) is 0.779. The summed E-state index contributed by atoms with van der Waals surface area (Å²) in [7, 11) is 0. The molecule has 0 aliphatic heterocycles. The minimum absolute atomic E-state index is 0.123. The molecular weight excluding hydrogens is 244 g/mol. The Balaban J connectivity index is 2.45. The summed E-state index contributed by atoms with van der Waals surface area (Å²) in [6.45, 7) is 8.09. The molecule has 0 aromatic heterocycles. The van der Waals surface area contributed by atoms with Crippen LogP contribution in [0.3, 0.4) is 0 Å². The van der Waals surface area contributed by atoms with E-state index in [9.17, 15) is 9.59 Å². The van der Waals surface area contributed by atoms with E-state index in [0.717, 1.165) is 6.42 Å². The Hall–Kier alpha value is -1.06. The Morgan fingerprint density at radius 1 is 1.16 bits per heavy atom. The van der Waals surface area contributed by atoms with Crippen molar-refractivity contribution in [1.82, 2.24) is 0 Å². The van der Waals surface area contributed by atoms with E-state index in [2.05, 4.69) is 13.8 Å². The maximum absolute atomic E-state index is 12.1.